The van der Waals surface area contributed by atoms with Crippen molar-refractivity contribution in [2.24, 2.45) is 0 Å². The van der Waals surface area contributed by atoms with Crippen molar-refractivity contribution in [3.63, 3.8) is 0 Å². The van der Waals surface area contributed by atoms with Gasteiger partial charge in [-0.05, 0) is 61.7 Å². The number of imidazole rings is 1. The number of carbonyl (C=O) groups excluding carboxylic acids is 2. The molecule has 0 saturated carbocycles. The second-order valence-corrected chi connectivity index (χ2v) is 9.60. The Morgan fingerprint density at radius 3 is 2.40 bits per heavy atom. The predicted molar refractivity (Wildman–Crippen MR) is 158 cm³/mol. The first-order valence-corrected chi connectivity index (χ1v) is 13.8. The molecular formula is C32H38N4O4. The third-order valence-corrected chi connectivity index (χ3v) is 6.92. The number of nitrogens with zero attached hydrogens (tertiary/aromatic N) is 3. The number of hydrogen-bond acceptors (Lipinski definition) is 5. The molecule has 0 radical (unpaired) electrons. The number of unbranched alkanes of at least 4 members (excludes halogenated alkanes) is 2. The Labute approximate surface area is 235 Å². The van der Waals surface area contributed by atoms with Crippen molar-refractivity contribution in [1.82, 2.24) is 14.9 Å². The molecule has 40 heavy (non-hydrogen) atoms. The highest BCUT2D eigenvalue weighted by Gasteiger charge is 2.18. The van der Waals surface area contributed by atoms with Crippen LogP contribution in [-0.4, -0.2) is 48.7 Å². The summed E-state index contributed by atoms with van der Waals surface area (Å²) in [5, 5.41) is 3.01. The summed E-state index contributed by atoms with van der Waals surface area (Å²) in [6, 6.07) is 23.2. The monoisotopic (exact) mass is 542 g/mol. The van der Waals surface area contributed by atoms with Crippen LogP contribution in [0.1, 0.15) is 37.6 Å². The lowest BCUT2D eigenvalue weighted by Gasteiger charge is -2.22. The summed E-state index contributed by atoms with van der Waals surface area (Å²) in [5.74, 6) is 2.18. The number of likely N-dealkylation sites (N-methyl/N-ethyl adjacent to an activating group) is 1. The highest BCUT2D eigenvalue weighted by Crippen LogP contribution is 2.27. The number of para-hydroxylation sites is 3. The van der Waals surface area contributed by atoms with Crippen LogP contribution in [0.4, 0.5) is 5.69 Å². The number of carbonyl (C=O) groups is 2. The normalized spacial score (nSPS) is 10.9. The maximum atomic E-state index is 13.3. The van der Waals surface area contributed by atoms with E-state index in [1.54, 1.807) is 14.2 Å². The van der Waals surface area contributed by atoms with Gasteiger partial charge in [-0.2, -0.15) is 0 Å². The van der Waals surface area contributed by atoms with Crippen molar-refractivity contribution >= 4 is 28.5 Å². The zero-order chi connectivity index (χ0) is 28.3. The largest absolute Gasteiger partial charge is 0.493 e. The molecule has 0 bridgehead atoms. The minimum Gasteiger partial charge on any atom is -0.493 e. The average Bonchev–Trinajstić information content (AvgIpc) is 3.32. The Kier molecular flexibility index (Phi) is 10.2. The molecule has 0 aliphatic rings. The van der Waals surface area contributed by atoms with Crippen LogP contribution in [0.5, 0.6) is 11.5 Å². The zero-order valence-electron chi connectivity index (χ0n) is 23.6. The highest BCUT2D eigenvalue weighted by molar-refractivity contribution is 5.94. The van der Waals surface area contributed by atoms with Crippen molar-refractivity contribution < 1.29 is 19.1 Å². The van der Waals surface area contributed by atoms with E-state index in [2.05, 4.69) is 5.32 Å². The minimum atomic E-state index is -0.0218. The molecule has 0 unspecified atom stereocenters. The number of fused-ring (bicyclic) bond motifs is 1. The summed E-state index contributed by atoms with van der Waals surface area (Å²) < 4.78 is 12.6. The van der Waals surface area contributed by atoms with Gasteiger partial charge < -0.3 is 24.3 Å². The molecule has 0 atom stereocenters. The van der Waals surface area contributed by atoms with Gasteiger partial charge in [-0.1, -0.05) is 42.8 Å². The van der Waals surface area contributed by atoms with E-state index in [0.717, 1.165) is 53.8 Å². The van der Waals surface area contributed by atoms with Gasteiger partial charge in [-0.3, -0.25) is 9.59 Å². The maximum absolute atomic E-state index is 13.3. The standard InChI is InChI=1S/C32H38N4O4/c1-4-35(25-13-7-5-8-14-25)32(38)23-36-27-16-11-10-15-26(27)34-30(36)17-9-6-12-20-33-31(37)22-24-18-19-28(39-2)29(21-24)40-3/h5,7-8,10-11,13-16,18-19,21H,4,6,9,12,17,20,22-23H2,1-3H3,(H,33,37). The molecule has 0 spiro atoms. The van der Waals surface area contributed by atoms with Crippen LogP contribution in [-0.2, 0) is 29.0 Å². The van der Waals surface area contributed by atoms with Crippen molar-refractivity contribution in [3.05, 3.63) is 84.2 Å². The topological polar surface area (TPSA) is 85.7 Å². The molecule has 4 rings (SSSR count). The molecule has 1 N–H and O–H groups in total. The Hall–Kier alpha value is -4.33. The first kappa shape index (κ1) is 28.7. The first-order valence-electron chi connectivity index (χ1n) is 13.8. The van der Waals surface area contributed by atoms with E-state index in [-0.39, 0.29) is 24.8 Å². The molecule has 210 valence electrons. The van der Waals surface area contributed by atoms with Gasteiger partial charge >= 0.3 is 0 Å². The number of ether oxygens (including phenoxy) is 2. The first-order chi connectivity index (χ1) is 19.5. The number of aryl methyl sites for hydroxylation is 1. The van der Waals surface area contributed by atoms with Crippen LogP contribution in [0, 0.1) is 0 Å². The second kappa shape index (κ2) is 14.2. The summed E-state index contributed by atoms with van der Waals surface area (Å²) >= 11 is 0. The molecule has 8 heteroatoms. The van der Waals surface area contributed by atoms with E-state index in [0.29, 0.717) is 24.6 Å². The van der Waals surface area contributed by atoms with Crippen molar-refractivity contribution in [2.75, 3.05) is 32.2 Å². The fourth-order valence-electron chi connectivity index (χ4n) is 4.88. The Morgan fingerprint density at radius 1 is 0.900 bits per heavy atom. The lowest BCUT2D eigenvalue weighted by atomic mass is 10.1. The van der Waals surface area contributed by atoms with Crippen LogP contribution in [0.15, 0.2) is 72.8 Å². The van der Waals surface area contributed by atoms with E-state index < -0.39 is 0 Å². The zero-order valence-corrected chi connectivity index (χ0v) is 23.6. The molecule has 0 fully saturated rings. The fraction of sp³-hybridized carbons (Fsp3) is 0.344. The summed E-state index contributed by atoms with van der Waals surface area (Å²) in [7, 11) is 3.17. The molecule has 1 aromatic heterocycles. The molecule has 8 nitrogen and oxygen atoms in total. The number of amides is 2. The average molecular weight is 543 g/mol. The van der Waals surface area contributed by atoms with Gasteiger partial charge in [0.05, 0.1) is 31.7 Å². The molecule has 3 aromatic carbocycles. The Balaban J connectivity index is 1.29. The maximum Gasteiger partial charge on any atom is 0.246 e. The molecular weight excluding hydrogens is 504 g/mol. The minimum absolute atomic E-state index is 0.0218. The second-order valence-electron chi connectivity index (χ2n) is 9.60. The van der Waals surface area contributed by atoms with Crippen molar-refractivity contribution in [1.29, 1.82) is 0 Å². The Morgan fingerprint density at radius 2 is 1.65 bits per heavy atom. The highest BCUT2D eigenvalue weighted by atomic mass is 16.5. The third-order valence-electron chi connectivity index (χ3n) is 6.92. The number of anilines is 1. The van der Waals surface area contributed by atoms with E-state index >= 15 is 0 Å². The van der Waals surface area contributed by atoms with Gasteiger partial charge in [-0.15, -0.1) is 0 Å². The quantitative estimate of drug-likeness (QED) is 0.222. The molecule has 2 amide bonds. The SMILES string of the molecule is CCN(C(=O)Cn1c(CCCCCNC(=O)Cc2ccc(OC)c(OC)c2)nc2ccccc21)c1ccccc1. The van der Waals surface area contributed by atoms with E-state index in [9.17, 15) is 9.59 Å². The van der Waals surface area contributed by atoms with Crippen LogP contribution in [0.3, 0.4) is 0 Å². The van der Waals surface area contributed by atoms with Gasteiger partial charge in [0.2, 0.25) is 11.8 Å². The lowest BCUT2D eigenvalue weighted by molar-refractivity contribution is -0.120. The summed E-state index contributed by atoms with van der Waals surface area (Å²) in [4.78, 5) is 32.4. The van der Waals surface area contributed by atoms with E-state index in [1.165, 1.54) is 0 Å². The summed E-state index contributed by atoms with van der Waals surface area (Å²) in [6.45, 7) is 3.45. The van der Waals surface area contributed by atoms with Crippen molar-refractivity contribution in [2.45, 2.75) is 45.6 Å². The smallest absolute Gasteiger partial charge is 0.246 e. The van der Waals surface area contributed by atoms with Gasteiger partial charge in [0.25, 0.3) is 0 Å². The molecule has 0 saturated heterocycles. The summed E-state index contributed by atoms with van der Waals surface area (Å²) in [5.41, 5.74) is 3.64. The van der Waals surface area contributed by atoms with Crippen molar-refractivity contribution in [3.8, 4) is 11.5 Å². The van der Waals surface area contributed by atoms with E-state index in [4.69, 9.17) is 14.5 Å². The number of rotatable bonds is 14. The van der Waals surface area contributed by atoms with Gasteiger partial charge in [0.1, 0.15) is 12.4 Å². The number of hydrogen-bond donors (Lipinski definition) is 1. The number of nitrogens with one attached hydrogen (secondary N) is 1. The van der Waals surface area contributed by atoms with E-state index in [1.807, 2.05) is 89.2 Å². The molecule has 0 aliphatic heterocycles. The van der Waals surface area contributed by atoms with Crippen LogP contribution in [0.2, 0.25) is 0 Å². The molecule has 4 aromatic rings. The number of aromatic nitrogens is 2. The predicted octanol–water partition coefficient (Wildman–Crippen LogP) is 5.18. The number of benzene rings is 3. The van der Waals surface area contributed by atoms with Gasteiger partial charge in [0, 0.05) is 25.2 Å². The molecule has 0 aliphatic carbocycles. The number of methoxy groups -OCH3 is 2. The Bertz CT molecular complexity index is 1420. The van der Waals surface area contributed by atoms with Gasteiger partial charge in [-0.25, -0.2) is 4.98 Å². The summed E-state index contributed by atoms with van der Waals surface area (Å²) in [6.07, 6.45) is 3.78. The molecule has 1 heterocycles. The van der Waals surface area contributed by atoms with Crippen LogP contribution in [0.25, 0.3) is 11.0 Å². The fourth-order valence-corrected chi connectivity index (χ4v) is 4.88. The third kappa shape index (κ3) is 7.20. The van der Waals surface area contributed by atoms with Crippen LogP contribution < -0.4 is 19.7 Å². The lowest BCUT2D eigenvalue weighted by Crippen LogP contribution is -2.34. The van der Waals surface area contributed by atoms with Crippen LogP contribution >= 0.6 is 0 Å². The van der Waals surface area contributed by atoms with Gasteiger partial charge in [0.15, 0.2) is 11.5 Å².